The predicted octanol–water partition coefficient (Wildman–Crippen LogP) is 2.77. The molecule has 0 aliphatic carbocycles. The number of aliphatic imine (C=N–C) groups is 1. The monoisotopic (exact) mass is 510 g/mol. The SMILES string of the molecule is CCNC(=NCC(=O)NCCc1ccccc1)NCCc1ccccc1OC.I. The van der Waals surface area contributed by atoms with Crippen molar-refractivity contribution in [1.29, 1.82) is 0 Å². The Kier molecular flexibility index (Phi) is 12.5. The summed E-state index contributed by atoms with van der Waals surface area (Å²) in [5.41, 5.74) is 2.34. The lowest BCUT2D eigenvalue weighted by atomic mass is 10.1. The second-order valence-electron chi connectivity index (χ2n) is 6.27. The Hall–Kier alpha value is -2.29. The number of guanidine groups is 1. The van der Waals surface area contributed by atoms with Crippen LogP contribution in [0.3, 0.4) is 0 Å². The molecule has 2 aromatic rings. The number of benzene rings is 2. The number of nitrogens with one attached hydrogen (secondary N) is 3. The molecule has 0 radical (unpaired) electrons. The Morgan fingerprint density at radius 1 is 0.931 bits per heavy atom. The number of ether oxygens (including phenoxy) is 1. The fraction of sp³-hybridized carbons (Fsp3) is 0.364. The Morgan fingerprint density at radius 2 is 1.62 bits per heavy atom. The van der Waals surface area contributed by atoms with Gasteiger partial charge >= 0.3 is 0 Å². The smallest absolute Gasteiger partial charge is 0.241 e. The van der Waals surface area contributed by atoms with Crippen molar-refractivity contribution >= 4 is 35.8 Å². The van der Waals surface area contributed by atoms with E-state index < -0.39 is 0 Å². The molecular formula is C22H31IN4O2. The van der Waals surface area contributed by atoms with E-state index in [1.165, 1.54) is 5.56 Å². The highest BCUT2D eigenvalue weighted by Gasteiger charge is 2.04. The predicted molar refractivity (Wildman–Crippen MR) is 129 cm³/mol. The molecule has 29 heavy (non-hydrogen) atoms. The number of methoxy groups -OCH3 is 1. The van der Waals surface area contributed by atoms with Gasteiger partial charge in [0, 0.05) is 19.6 Å². The number of rotatable bonds is 10. The minimum atomic E-state index is -0.0853. The Morgan fingerprint density at radius 3 is 2.34 bits per heavy atom. The van der Waals surface area contributed by atoms with Crippen LogP contribution in [0.1, 0.15) is 18.1 Å². The summed E-state index contributed by atoms with van der Waals surface area (Å²) in [6, 6.07) is 18.0. The van der Waals surface area contributed by atoms with E-state index in [-0.39, 0.29) is 36.4 Å². The van der Waals surface area contributed by atoms with E-state index in [0.29, 0.717) is 19.0 Å². The molecule has 0 aromatic heterocycles. The van der Waals surface area contributed by atoms with Gasteiger partial charge in [-0.25, -0.2) is 4.99 Å². The molecule has 2 aromatic carbocycles. The summed E-state index contributed by atoms with van der Waals surface area (Å²) in [5.74, 6) is 1.43. The van der Waals surface area contributed by atoms with Crippen LogP contribution in [0.5, 0.6) is 5.75 Å². The van der Waals surface area contributed by atoms with E-state index in [1.807, 2.05) is 49.4 Å². The van der Waals surface area contributed by atoms with E-state index in [2.05, 4.69) is 33.1 Å². The normalized spacial score (nSPS) is 10.6. The maximum Gasteiger partial charge on any atom is 0.241 e. The zero-order valence-corrected chi connectivity index (χ0v) is 19.4. The molecule has 0 saturated heterocycles. The van der Waals surface area contributed by atoms with Crippen molar-refractivity contribution in [3.8, 4) is 5.75 Å². The first-order valence-corrected chi connectivity index (χ1v) is 9.67. The van der Waals surface area contributed by atoms with Gasteiger partial charge in [-0.2, -0.15) is 0 Å². The lowest BCUT2D eigenvalue weighted by molar-refractivity contribution is -0.119. The number of halogens is 1. The Bertz CT molecular complexity index is 753. The lowest BCUT2D eigenvalue weighted by Crippen LogP contribution is -2.39. The first-order chi connectivity index (χ1) is 13.7. The molecule has 3 N–H and O–H groups in total. The third-order valence-corrected chi connectivity index (χ3v) is 4.18. The summed E-state index contributed by atoms with van der Waals surface area (Å²) < 4.78 is 5.37. The van der Waals surface area contributed by atoms with Gasteiger partial charge in [0.05, 0.1) is 7.11 Å². The van der Waals surface area contributed by atoms with Gasteiger partial charge in [0.15, 0.2) is 5.96 Å². The van der Waals surface area contributed by atoms with Crippen LogP contribution in [-0.4, -0.2) is 45.2 Å². The summed E-state index contributed by atoms with van der Waals surface area (Å²) in [6.45, 7) is 4.13. The van der Waals surface area contributed by atoms with Crippen LogP contribution in [0.2, 0.25) is 0 Å². The van der Waals surface area contributed by atoms with Gasteiger partial charge in [-0.1, -0.05) is 48.5 Å². The molecule has 0 saturated carbocycles. The third kappa shape index (κ3) is 9.65. The van der Waals surface area contributed by atoms with Crippen molar-refractivity contribution < 1.29 is 9.53 Å². The van der Waals surface area contributed by atoms with E-state index in [4.69, 9.17) is 4.74 Å². The Balaban J connectivity index is 0.00000420. The van der Waals surface area contributed by atoms with Gasteiger partial charge in [-0.3, -0.25) is 4.79 Å². The van der Waals surface area contributed by atoms with Crippen molar-refractivity contribution in [3.05, 3.63) is 65.7 Å². The second-order valence-corrected chi connectivity index (χ2v) is 6.27. The maximum absolute atomic E-state index is 12.0. The minimum Gasteiger partial charge on any atom is -0.496 e. The average Bonchev–Trinajstić information content (AvgIpc) is 2.73. The molecule has 0 heterocycles. The zero-order valence-electron chi connectivity index (χ0n) is 17.1. The number of hydrogen-bond donors (Lipinski definition) is 3. The minimum absolute atomic E-state index is 0. The highest BCUT2D eigenvalue weighted by molar-refractivity contribution is 14.0. The van der Waals surface area contributed by atoms with Gasteiger partial charge in [-0.05, 0) is 37.0 Å². The molecule has 0 bridgehead atoms. The molecule has 0 aliphatic rings. The number of para-hydroxylation sites is 1. The van der Waals surface area contributed by atoms with E-state index >= 15 is 0 Å². The fourth-order valence-electron chi connectivity index (χ4n) is 2.76. The van der Waals surface area contributed by atoms with Crippen molar-refractivity contribution in [3.63, 3.8) is 0 Å². The number of amides is 1. The molecule has 0 spiro atoms. The number of carbonyl (C=O) groups is 1. The molecule has 0 unspecified atom stereocenters. The van der Waals surface area contributed by atoms with Crippen LogP contribution < -0.4 is 20.7 Å². The molecule has 0 atom stereocenters. The van der Waals surface area contributed by atoms with Crippen LogP contribution >= 0.6 is 24.0 Å². The summed E-state index contributed by atoms with van der Waals surface area (Å²) >= 11 is 0. The standard InChI is InChI=1S/C22H30N4O2.HI/c1-3-23-22(25-16-14-19-11-7-8-12-20(19)28-2)26-17-21(27)24-15-13-18-9-5-4-6-10-18;/h4-12H,3,13-17H2,1-2H3,(H,24,27)(H2,23,25,26);1H. The molecule has 0 aliphatic heterocycles. The molecule has 0 fully saturated rings. The fourth-order valence-corrected chi connectivity index (χ4v) is 2.76. The zero-order chi connectivity index (χ0) is 20.0. The summed E-state index contributed by atoms with van der Waals surface area (Å²) in [5, 5.41) is 9.33. The van der Waals surface area contributed by atoms with Gasteiger partial charge in [-0.15, -0.1) is 24.0 Å². The molecule has 2 rings (SSSR count). The quantitative estimate of drug-likeness (QED) is 0.261. The van der Waals surface area contributed by atoms with Gasteiger partial charge in [0.25, 0.3) is 0 Å². The maximum atomic E-state index is 12.0. The van der Waals surface area contributed by atoms with E-state index in [9.17, 15) is 4.79 Å². The van der Waals surface area contributed by atoms with Crippen molar-refractivity contribution in [2.45, 2.75) is 19.8 Å². The Labute approximate surface area is 190 Å². The molecule has 7 heteroatoms. The van der Waals surface area contributed by atoms with Crippen LogP contribution in [-0.2, 0) is 17.6 Å². The molecule has 1 amide bonds. The van der Waals surface area contributed by atoms with Gasteiger partial charge < -0.3 is 20.7 Å². The molecular weight excluding hydrogens is 479 g/mol. The first kappa shape index (κ1) is 24.7. The van der Waals surface area contributed by atoms with Crippen LogP contribution in [0.4, 0.5) is 0 Å². The number of hydrogen-bond acceptors (Lipinski definition) is 3. The topological polar surface area (TPSA) is 74.8 Å². The van der Waals surface area contributed by atoms with Crippen LogP contribution in [0.25, 0.3) is 0 Å². The average molecular weight is 510 g/mol. The molecule has 158 valence electrons. The summed E-state index contributed by atoms with van der Waals surface area (Å²) in [4.78, 5) is 16.4. The third-order valence-electron chi connectivity index (χ3n) is 4.18. The van der Waals surface area contributed by atoms with Crippen molar-refractivity contribution in [1.82, 2.24) is 16.0 Å². The summed E-state index contributed by atoms with van der Waals surface area (Å²) in [7, 11) is 1.67. The van der Waals surface area contributed by atoms with Crippen LogP contribution in [0, 0.1) is 0 Å². The first-order valence-electron chi connectivity index (χ1n) is 9.67. The van der Waals surface area contributed by atoms with Gasteiger partial charge in [0.1, 0.15) is 12.3 Å². The lowest BCUT2D eigenvalue weighted by Gasteiger charge is -2.12. The number of nitrogens with zero attached hydrogens (tertiary/aromatic N) is 1. The highest BCUT2D eigenvalue weighted by Crippen LogP contribution is 2.17. The number of carbonyl (C=O) groups excluding carboxylic acids is 1. The van der Waals surface area contributed by atoms with E-state index in [1.54, 1.807) is 7.11 Å². The van der Waals surface area contributed by atoms with Crippen molar-refractivity contribution in [2.75, 3.05) is 33.3 Å². The van der Waals surface area contributed by atoms with Crippen molar-refractivity contribution in [2.24, 2.45) is 4.99 Å². The summed E-state index contributed by atoms with van der Waals surface area (Å²) in [6.07, 6.45) is 1.62. The second kappa shape index (κ2) is 14.7. The highest BCUT2D eigenvalue weighted by atomic mass is 127. The van der Waals surface area contributed by atoms with Gasteiger partial charge in [0.2, 0.25) is 5.91 Å². The van der Waals surface area contributed by atoms with Crippen LogP contribution in [0.15, 0.2) is 59.6 Å². The largest absolute Gasteiger partial charge is 0.496 e. The molecule has 6 nitrogen and oxygen atoms in total. The van der Waals surface area contributed by atoms with E-state index in [0.717, 1.165) is 30.7 Å².